The van der Waals surface area contributed by atoms with Crippen molar-refractivity contribution < 1.29 is 33.0 Å². The Labute approximate surface area is 134 Å². The van der Waals surface area contributed by atoms with Gasteiger partial charge in [0.05, 0.1) is 32.2 Å². The number of carbonyl (C=O) groups is 2. The molecule has 0 unspecified atom stereocenters. The fourth-order valence-electron chi connectivity index (χ4n) is 1.34. The summed E-state index contributed by atoms with van der Waals surface area (Å²) in [6, 6.07) is 0. The topological polar surface area (TPSA) is 92.3 Å². The maximum absolute atomic E-state index is 11.4. The van der Waals surface area contributed by atoms with Crippen LogP contribution in [-0.2, 0) is 26.8 Å². The van der Waals surface area contributed by atoms with Crippen LogP contribution in [-0.4, -0.2) is 58.9 Å². The van der Waals surface area contributed by atoms with Crippen LogP contribution >= 0.6 is 10.9 Å². The van der Waals surface area contributed by atoms with Gasteiger partial charge in [0, 0.05) is 19.3 Å². The summed E-state index contributed by atoms with van der Waals surface area (Å²) >= 11 is 0. The Morgan fingerprint density at radius 2 is 1.64 bits per heavy atom. The third-order valence-electron chi connectivity index (χ3n) is 2.50. The summed E-state index contributed by atoms with van der Waals surface area (Å²) in [6.45, 7) is 5.33. The van der Waals surface area contributed by atoms with E-state index in [1.165, 1.54) is 28.3 Å². The predicted octanol–water partition coefficient (Wildman–Crippen LogP) is 1.96. The highest BCUT2D eigenvalue weighted by Crippen LogP contribution is 2.49. The first-order valence-corrected chi connectivity index (χ1v) is 8.19. The smallest absolute Gasteiger partial charge is 0.407 e. The molecule has 0 heterocycles. The van der Waals surface area contributed by atoms with Gasteiger partial charge in [0.15, 0.2) is 0 Å². The lowest BCUT2D eigenvalue weighted by Gasteiger charge is -2.33. The van der Waals surface area contributed by atoms with Crippen molar-refractivity contribution in [3.63, 3.8) is 0 Å². The van der Waals surface area contributed by atoms with Gasteiger partial charge in [-0.1, -0.05) is 6.58 Å². The molecule has 0 bridgehead atoms. The number of alkyl carbamates (subject to hydrolysis) is 1. The van der Waals surface area contributed by atoms with Gasteiger partial charge in [-0.05, 0) is 13.3 Å². The quantitative estimate of drug-likeness (QED) is 0.349. The molecule has 0 aliphatic carbocycles. The molecule has 0 saturated heterocycles. The zero-order chi connectivity index (χ0) is 17.0. The Balaban J connectivity index is 0. The first kappa shape index (κ1) is 20.7. The molecule has 0 fully saturated rings. The van der Waals surface area contributed by atoms with Gasteiger partial charge >= 0.3 is 12.1 Å². The molecule has 22 heavy (non-hydrogen) atoms. The van der Waals surface area contributed by atoms with Gasteiger partial charge in [-0.2, -0.15) is 0 Å². The number of ether oxygens (including phenoxy) is 2. The van der Waals surface area contributed by atoms with Crippen LogP contribution in [0.2, 0.25) is 0 Å². The minimum absolute atomic E-state index is 0. The van der Waals surface area contributed by atoms with Crippen molar-refractivity contribution in [2.75, 3.05) is 46.8 Å². The van der Waals surface area contributed by atoms with Crippen molar-refractivity contribution in [2.24, 2.45) is 0 Å². The van der Waals surface area contributed by atoms with E-state index in [1.54, 1.807) is 0 Å². The number of carbonyl (C=O) groups excluding carboxylic acids is 2. The minimum atomic E-state index is -2.00. The average Bonchev–Trinajstić information content (AvgIpc) is 2.52. The second-order valence-electron chi connectivity index (χ2n) is 4.09. The van der Waals surface area contributed by atoms with Crippen LogP contribution in [0.1, 0.15) is 14.8 Å². The first-order valence-electron chi connectivity index (χ1n) is 6.61. The molecule has 1 amide bonds. The second kappa shape index (κ2) is 11.3. The molecule has 0 atom stereocenters. The van der Waals surface area contributed by atoms with E-state index in [4.69, 9.17) is 22.0 Å². The summed E-state index contributed by atoms with van der Waals surface area (Å²) in [5, 5.41) is 2.57. The van der Waals surface area contributed by atoms with Crippen LogP contribution in [0.4, 0.5) is 4.79 Å². The fraction of sp³-hybridized carbons (Fsp3) is 0.692. The highest BCUT2D eigenvalue weighted by Gasteiger charge is 2.22. The highest BCUT2D eigenvalue weighted by atomic mass is 32.3. The first-order chi connectivity index (χ1) is 10.4. The van der Waals surface area contributed by atoms with Gasteiger partial charge in [0.25, 0.3) is 0 Å². The average molecular weight is 341 g/mol. The summed E-state index contributed by atoms with van der Waals surface area (Å²) < 4.78 is 25.2. The number of hydrogen-bond acceptors (Lipinski definition) is 7. The van der Waals surface area contributed by atoms with Crippen molar-refractivity contribution in [3.8, 4) is 0 Å². The molecular weight excluding hydrogens is 314 g/mol. The lowest BCUT2D eigenvalue weighted by atomic mass is 10.4. The molecule has 0 radical (unpaired) electrons. The minimum Gasteiger partial charge on any atom is -0.459 e. The third kappa shape index (κ3) is 8.23. The molecule has 9 heteroatoms. The summed E-state index contributed by atoms with van der Waals surface area (Å²) in [4.78, 5) is 22.4. The number of esters is 1. The van der Waals surface area contributed by atoms with Gasteiger partial charge in [0.1, 0.15) is 13.2 Å². The third-order valence-corrected chi connectivity index (χ3v) is 4.81. The Bertz CT molecular complexity index is 369. The van der Waals surface area contributed by atoms with E-state index < -0.39 is 22.9 Å². The zero-order valence-corrected chi connectivity index (χ0v) is 14.3. The molecule has 0 spiro atoms. The maximum Gasteiger partial charge on any atom is 0.407 e. The van der Waals surface area contributed by atoms with E-state index in [1.807, 2.05) is 0 Å². The van der Waals surface area contributed by atoms with Gasteiger partial charge < -0.3 is 14.8 Å². The lowest BCUT2D eigenvalue weighted by Crippen LogP contribution is -2.28. The molecule has 1 N–H and O–H groups in total. The van der Waals surface area contributed by atoms with Crippen LogP contribution in [0.25, 0.3) is 0 Å². The lowest BCUT2D eigenvalue weighted by molar-refractivity contribution is -0.139. The molecule has 8 nitrogen and oxygen atoms in total. The van der Waals surface area contributed by atoms with Crippen LogP contribution in [0, 0.1) is 0 Å². The molecule has 0 saturated carbocycles. The number of rotatable bonds is 11. The second-order valence-corrected chi connectivity index (χ2v) is 6.62. The molecule has 0 aliphatic rings. The van der Waals surface area contributed by atoms with Crippen LogP contribution in [0.3, 0.4) is 0 Å². The molecule has 132 valence electrons. The summed E-state index contributed by atoms with van der Waals surface area (Å²) in [6.07, 6.45) is 0.0177. The summed E-state index contributed by atoms with van der Waals surface area (Å²) in [7, 11) is 2.53. The molecule has 0 rings (SSSR count). The highest BCUT2D eigenvalue weighted by molar-refractivity contribution is 8.21. The SMILES string of the molecule is C=C(C)C(=O)OCCOC(=O)NCCCS(OC)(OC)OC.[HH]. The summed E-state index contributed by atoms with van der Waals surface area (Å²) in [5.41, 5.74) is 0.296. The van der Waals surface area contributed by atoms with Crippen LogP contribution < -0.4 is 5.32 Å². The van der Waals surface area contributed by atoms with Crippen molar-refractivity contribution in [1.82, 2.24) is 5.32 Å². The largest absolute Gasteiger partial charge is 0.459 e. The standard InChI is InChI=1S/C13H25NO7S.H2/c1-11(2)12(15)20-8-9-21-13(16)14-7-6-10-22(17-3,18-4)19-5;/h1,6-10H2,2-5H3,(H,14,16);1H. The van der Waals surface area contributed by atoms with Crippen molar-refractivity contribution in [1.29, 1.82) is 0 Å². The number of hydrogen-bond donors (Lipinski definition) is 1. The van der Waals surface area contributed by atoms with Crippen molar-refractivity contribution in [3.05, 3.63) is 12.2 Å². The molecule has 0 aliphatic heterocycles. The van der Waals surface area contributed by atoms with Gasteiger partial charge in [-0.3, -0.25) is 12.5 Å². The molecule has 0 aromatic heterocycles. The Morgan fingerprint density at radius 3 is 2.14 bits per heavy atom. The van der Waals surface area contributed by atoms with Crippen molar-refractivity contribution >= 4 is 22.9 Å². The van der Waals surface area contributed by atoms with Gasteiger partial charge in [-0.25, -0.2) is 9.59 Å². The van der Waals surface area contributed by atoms with E-state index in [0.717, 1.165) is 0 Å². The molecule has 0 aromatic carbocycles. The van der Waals surface area contributed by atoms with Gasteiger partial charge in [0.2, 0.25) is 0 Å². The van der Waals surface area contributed by atoms with Crippen molar-refractivity contribution in [2.45, 2.75) is 13.3 Å². The molecular formula is C13H27NO7S. The predicted molar refractivity (Wildman–Crippen MR) is 85.3 cm³/mol. The van der Waals surface area contributed by atoms with Gasteiger partial charge in [-0.15, -0.1) is 0 Å². The number of nitrogens with one attached hydrogen (secondary N) is 1. The maximum atomic E-state index is 11.4. The van der Waals surface area contributed by atoms with E-state index in [-0.39, 0.29) is 14.6 Å². The Hall–Kier alpha value is -1.29. The molecule has 0 aromatic rings. The Morgan fingerprint density at radius 1 is 1.09 bits per heavy atom. The van der Waals surface area contributed by atoms with E-state index in [9.17, 15) is 9.59 Å². The van der Waals surface area contributed by atoms with Crippen LogP contribution in [0.15, 0.2) is 12.2 Å². The summed E-state index contributed by atoms with van der Waals surface area (Å²) in [5.74, 6) is 0.00882. The number of amides is 1. The van der Waals surface area contributed by atoms with E-state index >= 15 is 0 Å². The monoisotopic (exact) mass is 341 g/mol. The normalized spacial score (nSPS) is 11.6. The Kier molecular flexibility index (Phi) is 10.6. The van der Waals surface area contributed by atoms with Crippen LogP contribution in [0.5, 0.6) is 0 Å². The fourth-order valence-corrected chi connectivity index (χ4v) is 2.74. The van der Waals surface area contributed by atoms with E-state index in [0.29, 0.717) is 24.3 Å². The van der Waals surface area contributed by atoms with E-state index in [2.05, 4.69) is 11.9 Å². The zero-order valence-electron chi connectivity index (χ0n) is 13.5.